The molecule has 5 heteroatoms. The predicted octanol–water partition coefficient (Wildman–Crippen LogP) is 1.80. The molecule has 2 aromatic rings. The zero-order valence-corrected chi connectivity index (χ0v) is 11.5. The van der Waals surface area contributed by atoms with Gasteiger partial charge in [-0.05, 0) is 26.8 Å². The topological polar surface area (TPSA) is 69.2 Å². The van der Waals surface area contributed by atoms with Crippen LogP contribution >= 0.6 is 0 Å². The highest BCUT2D eigenvalue weighted by molar-refractivity contribution is 6.05. The summed E-state index contributed by atoms with van der Waals surface area (Å²) in [5.41, 5.74) is 0.413. The standard InChI is InChI=1S/C14H19N3O2/c1-4-17(9-14(2,3)19)13(18)11-7-5-6-10-8-15-16-12(10)11/h5-8,19H,4,9H2,1-3H3,(H,15,16). The number of amides is 1. The molecule has 0 aliphatic heterocycles. The van der Waals surface area contributed by atoms with Crippen LogP contribution in [0.3, 0.4) is 0 Å². The number of H-pyrrole nitrogens is 1. The van der Waals surface area contributed by atoms with Crippen LogP contribution < -0.4 is 0 Å². The van der Waals surface area contributed by atoms with Crippen LogP contribution in [0.1, 0.15) is 31.1 Å². The number of rotatable bonds is 4. The Hall–Kier alpha value is -1.88. The van der Waals surface area contributed by atoms with E-state index in [-0.39, 0.29) is 5.91 Å². The number of nitrogens with one attached hydrogen (secondary N) is 1. The van der Waals surface area contributed by atoms with Gasteiger partial charge in [0, 0.05) is 18.5 Å². The van der Waals surface area contributed by atoms with Gasteiger partial charge in [0.15, 0.2) is 0 Å². The lowest BCUT2D eigenvalue weighted by molar-refractivity contribution is 0.0315. The number of nitrogens with zero attached hydrogens (tertiary/aromatic N) is 2. The number of aliphatic hydroxyl groups is 1. The van der Waals surface area contributed by atoms with Crippen molar-refractivity contribution in [3.05, 3.63) is 30.0 Å². The van der Waals surface area contributed by atoms with Crippen LogP contribution in [0.15, 0.2) is 24.4 Å². The van der Waals surface area contributed by atoms with E-state index in [0.717, 1.165) is 10.9 Å². The molecule has 0 aliphatic carbocycles. The number of para-hydroxylation sites is 1. The van der Waals surface area contributed by atoms with E-state index in [4.69, 9.17) is 0 Å². The maximum absolute atomic E-state index is 12.5. The minimum Gasteiger partial charge on any atom is -0.389 e. The zero-order valence-electron chi connectivity index (χ0n) is 11.5. The Kier molecular flexibility index (Phi) is 3.57. The summed E-state index contributed by atoms with van der Waals surface area (Å²) in [7, 11) is 0. The molecule has 1 amide bonds. The van der Waals surface area contributed by atoms with E-state index < -0.39 is 5.60 Å². The molecule has 1 aromatic heterocycles. The van der Waals surface area contributed by atoms with Crippen LogP contribution in [0.4, 0.5) is 0 Å². The van der Waals surface area contributed by atoms with Crippen LogP contribution in [-0.2, 0) is 0 Å². The number of fused-ring (bicyclic) bond motifs is 1. The highest BCUT2D eigenvalue weighted by atomic mass is 16.3. The van der Waals surface area contributed by atoms with Crippen molar-refractivity contribution in [3.63, 3.8) is 0 Å². The number of benzene rings is 1. The van der Waals surface area contributed by atoms with Crippen LogP contribution in [0, 0.1) is 0 Å². The van der Waals surface area contributed by atoms with Crippen molar-refractivity contribution in [1.29, 1.82) is 0 Å². The van der Waals surface area contributed by atoms with Gasteiger partial charge in [-0.25, -0.2) is 0 Å². The molecule has 0 saturated heterocycles. The maximum atomic E-state index is 12.5. The average Bonchev–Trinajstić information content (AvgIpc) is 2.81. The molecule has 0 aliphatic rings. The Labute approximate surface area is 112 Å². The average molecular weight is 261 g/mol. The summed E-state index contributed by atoms with van der Waals surface area (Å²) < 4.78 is 0. The molecule has 1 aromatic carbocycles. The molecular formula is C14H19N3O2. The molecule has 2 rings (SSSR count). The number of aromatic nitrogens is 2. The summed E-state index contributed by atoms with van der Waals surface area (Å²) >= 11 is 0. The maximum Gasteiger partial charge on any atom is 0.256 e. The zero-order chi connectivity index (χ0) is 14.0. The lowest BCUT2D eigenvalue weighted by Crippen LogP contribution is -2.42. The summed E-state index contributed by atoms with van der Waals surface area (Å²) in [6.07, 6.45) is 1.69. The Morgan fingerprint density at radius 3 is 2.84 bits per heavy atom. The Morgan fingerprint density at radius 1 is 1.47 bits per heavy atom. The second-order valence-corrected chi connectivity index (χ2v) is 5.27. The van der Waals surface area contributed by atoms with Crippen LogP contribution in [0.5, 0.6) is 0 Å². The first-order valence-electron chi connectivity index (χ1n) is 6.36. The fourth-order valence-corrected chi connectivity index (χ4v) is 2.11. The van der Waals surface area contributed by atoms with Crippen molar-refractivity contribution in [1.82, 2.24) is 15.1 Å². The number of hydrogen-bond acceptors (Lipinski definition) is 3. The normalized spacial score (nSPS) is 11.8. The fourth-order valence-electron chi connectivity index (χ4n) is 2.11. The van der Waals surface area contributed by atoms with Gasteiger partial charge in [-0.3, -0.25) is 9.89 Å². The first-order valence-corrected chi connectivity index (χ1v) is 6.36. The molecule has 0 bridgehead atoms. The molecule has 19 heavy (non-hydrogen) atoms. The van der Waals surface area contributed by atoms with E-state index in [1.54, 1.807) is 31.0 Å². The van der Waals surface area contributed by atoms with Gasteiger partial charge in [-0.1, -0.05) is 12.1 Å². The third-order valence-corrected chi connectivity index (χ3v) is 2.95. The van der Waals surface area contributed by atoms with E-state index in [9.17, 15) is 9.90 Å². The summed E-state index contributed by atoms with van der Waals surface area (Å²) in [6.45, 7) is 6.14. The summed E-state index contributed by atoms with van der Waals surface area (Å²) in [6, 6.07) is 5.51. The first kappa shape index (κ1) is 13.5. The number of carbonyl (C=O) groups excluding carboxylic acids is 1. The second-order valence-electron chi connectivity index (χ2n) is 5.27. The van der Waals surface area contributed by atoms with Crippen molar-refractivity contribution in [2.24, 2.45) is 0 Å². The molecule has 5 nitrogen and oxygen atoms in total. The SMILES string of the molecule is CCN(CC(C)(C)O)C(=O)c1cccc2cn[nH]c12. The molecule has 0 unspecified atom stereocenters. The summed E-state index contributed by atoms with van der Waals surface area (Å²) in [4.78, 5) is 14.2. The number of hydrogen-bond donors (Lipinski definition) is 2. The lowest BCUT2D eigenvalue weighted by Gasteiger charge is -2.28. The molecule has 0 saturated carbocycles. The van der Waals surface area contributed by atoms with E-state index in [1.165, 1.54) is 0 Å². The number of likely N-dealkylation sites (N-methyl/N-ethyl adjacent to an activating group) is 1. The Bertz CT molecular complexity index is 584. The number of carbonyl (C=O) groups is 1. The Morgan fingerprint density at radius 2 is 2.21 bits per heavy atom. The van der Waals surface area contributed by atoms with Crippen molar-refractivity contribution in [2.45, 2.75) is 26.4 Å². The molecule has 0 fully saturated rings. The molecule has 0 atom stereocenters. The van der Waals surface area contributed by atoms with Crippen molar-refractivity contribution >= 4 is 16.8 Å². The quantitative estimate of drug-likeness (QED) is 0.881. The summed E-state index contributed by atoms with van der Waals surface area (Å²) in [5, 5.41) is 17.6. The molecule has 0 radical (unpaired) electrons. The van der Waals surface area contributed by atoms with Gasteiger partial charge in [0.1, 0.15) is 0 Å². The predicted molar refractivity (Wildman–Crippen MR) is 74.0 cm³/mol. The van der Waals surface area contributed by atoms with Gasteiger partial charge in [0.2, 0.25) is 0 Å². The number of aromatic amines is 1. The van der Waals surface area contributed by atoms with E-state index in [1.807, 2.05) is 19.1 Å². The second kappa shape index (κ2) is 5.01. The molecule has 2 N–H and O–H groups in total. The van der Waals surface area contributed by atoms with Gasteiger partial charge in [0.25, 0.3) is 5.91 Å². The van der Waals surface area contributed by atoms with Gasteiger partial charge in [-0.15, -0.1) is 0 Å². The Balaban J connectivity index is 2.34. The van der Waals surface area contributed by atoms with Crippen molar-refractivity contribution in [2.75, 3.05) is 13.1 Å². The fraction of sp³-hybridized carbons (Fsp3) is 0.429. The summed E-state index contributed by atoms with van der Waals surface area (Å²) in [5.74, 6) is -0.0977. The minimum absolute atomic E-state index is 0.0977. The minimum atomic E-state index is -0.909. The van der Waals surface area contributed by atoms with Crippen LogP contribution in [0.25, 0.3) is 10.9 Å². The molecular weight excluding hydrogens is 242 g/mol. The van der Waals surface area contributed by atoms with Gasteiger partial charge in [-0.2, -0.15) is 5.10 Å². The van der Waals surface area contributed by atoms with Gasteiger partial charge >= 0.3 is 0 Å². The third kappa shape index (κ3) is 2.93. The lowest BCUT2D eigenvalue weighted by atomic mass is 10.1. The molecule has 102 valence electrons. The van der Waals surface area contributed by atoms with Gasteiger partial charge in [0.05, 0.1) is 22.9 Å². The van der Waals surface area contributed by atoms with Crippen molar-refractivity contribution < 1.29 is 9.90 Å². The highest BCUT2D eigenvalue weighted by Gasteiger charge is 2.23. The van der Waals surface area contributed by atoms with Crippen LogP contribution in [-0.4, -0.2) is 44.8 Å². The van der Waals surface area contributed by atoms with Crippen molar-refractivity contribution in [3.8, 4) is 0 Å². The molecule has 0 spiro atoms. The first-order chi connectivity index (χ1) is 8.92. The highest BCUT2D eigenvalue weighted by Crippen LogP contribution is 2.18. The molecule has 1 heterocycles. The smallest absolute Gasteiger partial charge is 0.256 e. The van der Waals surface area contributed by atoms with E-state index >= 15 is 0 Å². The monoisotopic (exact) mass is 261 g/mol. The third-order valence-electron chi connectivity index (χ3n) is 2.95. The van der Waals surface area contributed by atoms with E-state index in [2.05, 4.69) is 10.2 Å². The van der Waals surface area contributed by atoms with Gasteiger partial charge < -0.3 is 10.0 Å². The largest absolute Gasteiger partial charge is 0.389 e. The van der Waals surface area contributed by atoms with Crippen LogP contribution in [0.2, 0.25) is 0 Å². The van der Waals surface area contributed by atoms with E-state index in [0.29, 0.717) is 18.7 Å².